The zero-order valence-electron chi connectivity index (χ0n) is 11.1. The highest BCUT2D eigenvalue weighted by molar-refractivity contribution is 9.10. The van der Waals surface area contributed by atoms with Crippen LogP contribution in [0.5, 0.6) is 0 Å². The van der Waals surface area contributed by atoms with Gasteiger partial charge in [-0.05, 0) is 35.2 Å². The van der Waals surface area contributed by atoms with Crippen LogP contribution < -0.4 is 5.73 Å². The van der Waals surface area contributed by atoms with Crippen molar-refractivity contribution in [3.63, 3.8) is 0 Å². The van der Waals surface area contributed by atoms with Gasteiger partial charge in [-0.3, -0.25) is 0 Å². The van der Waals surface area contributed by atoms with Crippen LogP contribution >= 0.6 is 27.5 Å². The molecule has 2 rings (SSSR count). The van der Waals surface area contributed by atoms with Gasteiger partial charge in [0.2, 0.25) is 0 Å². The lowest BCUT2D eigenvalue weighted by molar-refractivity contribution is 0.513. The van der Waals surface area contributed by atoms with Gasteiger partial charge in [-0.2, -0.15) is 0 Å². The molecule has 0 aliphatic rings. The van der Waals surface area contributed by atoms with Gasteiger partial charge in [0.1, 0.15) is 0 Å². The Balaban J connectivity index is 2.16. The first-order valence-corrected chi connectivity index (χ1v) is 7.49. The summed E-state index contributed by atoms with van der Waals surface area (Å²) in [6, 6.07) is 8.13. The van der Waals surface area contributed by atoms with E-state index in [2.05, 4.69) is 52.8 Å². The molecule has 1 heterocycles. The molecule has 0 bridgehead atoms. The van der Waals surface area contributed by atoms with Gasteiger partial charge in [0.15, 0.2) is 0 Å². The van der Waals surface area contributed by atoms with E-state index in [1.54, 1.807) is 0 Å². The molecule has 1 unspecified atom stereocenters. The summed E-state index contributed by atoms with van der Waals surface area (Å²) in [7, 11) is 0. The van der Waals surface area contributed by atoms with E-state index < -0.39 is 0 Å². The highest BCUT2D eigenvalue weighted by Gasteiger charge is 2.12. The van der Waals surface area contributed by atoms with Crippen molar-refractivity contribution in [3.8, 4) is 0 Å². The minimum Gasteiger partial charge on any atom is -0.350 e. The van der Waals surface area contributed by atoms with Crippen molar-refractivity contribution in [2.75, 3.05) is 0 Å². The van der Waals surface area contributed by atoms with E-state index in [-0.39, 0.29) is 6.04 Å². The lowest BCUT2D eigenvalue weighted by atomic mass is 10.00. The largest absolute Gasteiger partial charge is 0.350 e. The van der Waals surface area contributed by atoms with Gasteiger partial charge in [-0.25, -0.2) is 0 Å². The Bertz CT molecular complexity index is 563. The van der Waals surface area contributed by atoms with E-state index in [1.165, 1.54) is 5.56 Å². The first kappa shape index (κ1) is 14.6. The normalized spacial score (nSPS) is 12.9. The van der Waals surface area contributed by atoms with Crippen LogP contribution in [-0.4, -0.2) is 4.57 Å². The summed E-state index contributed by atoms with van der Waals surface area (Å²) in [5.41, 5.74) is 8.42. The zero-order chi connectivity index (χ0) is 14.0. The molecule has 0 fully saturated rings. The maximum atomic E-state index is 6.23. The average Bonchev–Trinajstić information content (AvgIpc) is 2.80. The smallest absolute Gasteiger partial charge is 0.0485 e. The molecule has 2 N–H and O–H groups in total. The summed E-state index contributed by atoms with van der Waals surface area (Å²) < 4.78 is 3.11. The van der Waals surface area contributed by atoms with Crippen LogP contribution in [-0.2, 0) is 6.54 Å². The maximum Gasteiger partial charge on any atom is 0.0485 e. The number of nitrogens with zero attached hydrogens (tertiary/aromatic N) is 1. The molecule has 19 heavy (non-hydrogen) atoms. The predicted octanol–water partition coefficient (Wildman–Crippen LogP) is 4.61. The molecule has 0 saturated heterocycles. The molecule has 2 aromatic rings. The van der Waals surface area contributed by atoms with Crippen molar-refractivity contribution in [1.29, 1.82) is 0 Å². The molecule has 1 atom stereocenters. The van der Waals surface area contributed by atoms with Crippen molar-refractivity contribution < 1.29 is 0 Å². The van der Waals surface area contributed by atoms with Crippen LogP contribution in [0.4, 0.5) is 0 Å². The number of benzene rings is 1. The number of halogens is 2. The molecule has 0 radical (unpaired) electrons. The molecule has 102 valence electrons. The quantitative estimate of drug-likeness (QED) is 0.865. The fourth-order valence-corrected chi connectivity index (χ4v) is 2.72. The summed E-state index contributed by atoms with van der Waals surface area (Å²) in [6.07, 6.45) is 4.15. The average molecular weight is 342 g/mol. The van der Waals surface area contributed by atoms with E-state index in [1.807, 2.05) is 18.2 Å². The zero-order valence-corrected chi connectivity index (χ0v) is 13.4. The van der Waals surface area contributed by atoms with Gasteiger partial charge < -0.3 is 10.3 Å². The lowest BCUT2D eigenvalue weighted by Crippen LogP contribution is -2.15. The van der Waals surface area contributed by atoms with Gasteiger partial charge >= 0.3 is 0 Å². The Hall–Kier alpha value is -0.770. The molecular weight excluding hydrogens is 324 g/mol. The summed E-state index contributed by atoms with van der Waals surface area (Å²) in [5, 5.41) is 0.776. The molecule has 0 saturated carbocycles. The van der Waals surface area contributed by atoms with Gasteiger partial charge in [0, 0.05) is 34.5 Å². The van der Waals surface area contributed by atoms with Gasteiger partial charge in [-0.15, -0.1) is 0 Å². The molecule has 0 aliphatic heterocycles. The molecule has 1 aromatic carbocycles. The highest BCUT2D eigenvalue weighted by Crippen LogP contribution is 2.23. The molecule has 2 nitrogen and oxygen atoms in total. The van der Waals surface area contributed by atoms with Crippen molar-refractivity contribution in [2.24, 2.45) is 11.7 Å². The monoisotopic (exact) mass is 340 g/mol. The summed E-state index contributed by atoms with van der Waals surface area (Å²) in [5.74, 6) is 0.437. The molecule has 4 heteroatoms. The molecule has 0 aliphatic carbocycles. The van der Waals surface area contributed by atoms with Crippen molar-refractivity contribution >= 4 is 27.5 Å². The van der Waals surface area contributed by atoms with Gasteiger partial charge in [-0.1, -0.05) is 47.4 Å². The summed E-state index contributed by atoms with van der Waals surface area (Å²) in [4.78, 5) is 0. The van der Waals surface area contributed by atoms with E-state index in [0.717, 1.165) is 21.6 Å². The Morgan fingerprint density at radius 1 is 1.32 bits per heavy atom. The van der Waals surface area contributed by atoms with Crippen molar-refractivity contribution in [3.05, 3.63) is 57.3 Å². The molecule has 0 spiro atoms. The topological polar surface area (TPSA) is 30.9 Å². The third-order valence-corrected chi connectivity index (χ3v) is 4.09. The molecular formula is C15H18BrClN2. The second-order valence-corrected chi connectivity index (χ2v) is 6.45. The number of aromatic nitrogens is 1. The molecule has 1 aromatic heterocycles. The van der Waals surface area contributed by atoms with Crippen LogP contribution in [0.2, 0.25) is 5.02 Å². The van der Waals surface area contributed by atoms with Crippen molar-refractivity contribution in [1.82, 2.24) is 4.57 Å². The van der Waals surface area contributed by atoms with Crippen LogP contribution in [0, 0.1) is 5.92 Å². The fraction of sp³-hybridized carbons (Fsp3) is 0.333. The van der Waals surface area contributed by atoms with Crippen LogP contribution in [0.1, 0.15) is 31.0 Å². The van der Waals surface area contributed by atoms with E-state index in [0.29, 0.717) is 5.92 Å². The standard InChI is InChI=1S/C15H18BrClN2/c1-10(2)15(18)12-5-6-19(9-12)8-11-3-4-13(16)7-14(11)17/h3-7,9-10,15H,8,18H2,1-2H3. The van der Waals surface area contributed by atoms with E-state index >= 15 is 0 Å². The predicted molar refractivity (Wildman–Crippen MR) is 84.5 cm³/mol. The third kappa shape index (κ3) is 3.62. The number of hydrogen-bond acceptors (Lipinski definition) is 1. The fourth-order valence-electron chi connectivity index (χ4n) is 1.99. The second-order valence-electron chi connectivity index (χ2n) is 5.12. The third-order valence-electron chi connectivity index (χ3n) is 3.24. The minimum atomic E-state index is 0.0849. The SMILES string of the molecule is CC(C)C(N)c1ccn(Cc2ccc(Br)cc2Cl)c1. The first-order chi connectivity index (χ1) is 8.97. The van der Waals surface area contributed by atoms with Crippen LogP contribution in [0.3, 0.4) is 0 Å². The minimum absolute atomic E-state index is 0.0849. The lowest BCUT2D eigenvalue weighted by Gasteiger charge is -2.13. The van der Waals surface area contributed by atoms with Crippen LogP contribution in [0.15, 0.2) is 41.1 Å². The molecule has 0 amide bonds. The summed E-state index contributed by atoms with van der Waals surface area (Å²) in [6.45, 7) is 5.03. The number of rotatable bonds is 4. The van der Waals surface area contributed by atoms with Crippen molar-refractivity contribution in [2.45, 2.75) is 26.4 Å². The van der Waals surface area contributed by atoms with E-state index in [4.69, 9.17) is 17.3 Å². The Morgan fingerprint density at radius 2 is 2.05 bits per heavy atom. The number of hydrogen-bond donors (Lipinski definition) is 1. The Morgan fingerprint density at radius 3 is 2.68 bits per heavy atom. The van der Waals surface area contributed by atoms with E-state index in [9.17, 15) is 0 Å². The summed E-state index contributed by atoms with van der Waals surface area (Å²) >= 11 is 9.64. The van der Waals surface area contributed by atoms with Crippen LogP contribution in [0.25, 0.3) is 0 Å². The highest BCUT2D eigenvalue weighted by atomic mass is 79.9. The maximum absolute atomic E-state index is 6.23. The first-order valence-electron chi connectivity index (χ1n) is 6.32. The number of nitrogens with two attached hydrogens (primary N) is 1. The second kappa shape index (κ2) is 6.12. The van der Waals surface area contributed by atoms with Gasteiger partial charge in [0.05, 0.1) is 0 Å². The Labute approximate surface area is 127 Å². The Kier molecular flexibility index (Phi) is 4.71. The van der Waals surface area contributed by atoms with Gasteiger partial charge in [0.25, 0.3) is 0 Å².